The van der Waals surface area contributed by atoms with E-state index in [0.29, 0.717) is 5.92 Å². The van der Waals surface area contributed by atoms with Gasteiger partial charge in [-0.05, 0) is 30.0 Å². The van der Waals surface area contributed by atoms with Gasteiger partial charge in [0.2, 0.25) is 0 Å². The lowest BCUT2D eigenvalue weighted by Gasteiger charge is -2.14. The highest BCUT2D eigenvalue weighted by atomic mass is 16.5. The highest BCUT2D eigenvalue weighted by Gasteiger charge is 2.11. The van der Waals surface area contributed by atoms with Crippen LogP contribution < -0.4 is 4.74 Å². The van der Waals surface area contributed by atoms with Crippen LogP contribution in [0.15, 0.2) is 24.3 Å². The topological polar surface area (TPSA) is 22.1 Å². The summed E-state index contributed by atoms with van der Waals surface area (Å²) in [6.45, 7) is 6.64. The van der Waals surface area contributed by atoms with Crippen molar-refractivity contribution in [2.75, 3.05) is 7.11 Å². The molecule has 1 heterocycles. The molecule has 0 N–H and O–H groups in total. The molecule has 96 valence electrons. The van der Waals surface area contributed by atoms with Gasteiger partial charge < -0.3 is 4.74 Å². The Bertz CT molecular complexity index is 546. The second-order valence-electron chi connectivity index (χ2n) is 4.96. The second kappa shape index (κ2) is 5.38. The molecule has 1 aromatic carbocycles. The third kappa shape index (κ3) is 2.33. The summed E-state index contributed by atoms with van der Waals surface area (Å²) in [6, 6.07) is 8.40. The van der Waals surface area contributed by atoms with Gasteiger partial charge in [-0.3, -0.25) is 0 Å². The van der Waals surface area contributed by atoms with Crippen LogP contribution in [0.25, 0.3) is 10.9 Å². The maximum Gasteiger partial charge on any atom is 0.145 e. The van der Waals surface area contributed by atoms with Gasteiger partial charge in [-0.2, -0.15) is 0 Å². The number of ether oxygens (including phenoxy) is 1. The number of rotatable bonds is 4. The van der Waals surface area contributed by atoms with E-state index >= 15 is 0 Å². The van der Waals surface area contributed by atoms with E-state index in [1.165, 1.54) is 16.6 Å². The summed E-state index contributed by atoms with van der Waals surface area (Å²) in [5.41, 5.74) is 3.52. The number of para-hydroxylation sites is 1. The zero-order chi connectivity index (χ0) is 13.1. The average molecular weight is 243 g/mol. The number of aryl methyl sites for hydroxylation is 1. The summed E-state index contributed by atoms with van der Waals surface area (Å²) < 4.78 is 5.43. The van der Waals surface area contributed by atoms with Crippen molar-refractivity contribution in [1.29, 1.82) is 0 Å². The lowest BCUT2D eigenvalue weighted by atomic mass is 9.97. The van der Waals surface area contributed by atoms with Crippen molar-refractivity contribution in [1.82, 2.24) is 4.98 Å². The minimum atomic E-state index is 0.498. The maximum absolute atomic E-state index is 5.43. The number of hydrogen-bond acceptors (Lipinski definition) is 2. The fourth-order valence-electron chi connectivity index (χ4n) is 2.33. The first-order valence-electron chi connectivity index (χ1n) is 6.63. The van der Waals surface area contributed by atoms with E-state index in [2.05, 4.69) is 32.9 Å². The van der Waals surface area contributed by atoms with Crippen LogP contribution in [0, 0.1) is 0 Å². The fraction of sp³-hybridized carbons (Fsp3) is 0.438. The van der Waals surface area contributed by atoms with Gasteiger partial charge in [-0.25, -0.2) is 4.98 Å². The second-order valence-corrected chi connectivity index (χ2v) is 4.96. The molecule has 0 aliphatic rings. The Morgan fingerprint density at radius 1 is 1.28 bits per heavy atom. The van der Waals surface area contributed by atoms with Crippen molar-refractivity contribution < 1.29 is 4.74 Å². The van der Waals surface area contributed by atoms with E-state index in [4.69, 9.17) is 9.72 Å². The normalized spacial score (nSPS) is 11.2. The van der Waals surface area contributed by atoms with Crippen molar-refractivity contribution in [3.8, 4) is 5.75 Å². The molecule has 0 aliphatic heterocycles. The molecule has 0 unspecified atom stereocenters. The van der Waals surface area contributed by atoms with Gasteiger partial charge >= 0.3 is 0 Å². The Labute approximate surface area is 109 Å². The summed E-state index contributed by atoms with van der Waals surface area (Å²) in [6.07, 6.45) is 2.14. The third-order valence-electron chi connectivity index (χ3n) is 3.24. The molecule has 0 aliphatic carbocycles. The fourth-order valence-corrected chi connectivity index (χ4v) is 2.33. The highest BCUT2D eigenvalue weighted by Crippen LogP contribution is 2.30. The Hall–Kier alpha value is -1.57. The summed E-state index contributed by atoms with van der Waals surface area (Å²) in [5, 5.41) is 1.21. The zero-order valence-corrected chi connectivity index (χ0v) is 11.7. The van der Waals surface area contributed by atoms with Gasteiger partial charge in [0.1, 0.15) is 11.3 Å². The Morgan fingerprint density at radius 2 is 2.06 bits per heavy atom. The Morgan fingerprint density at radius 3 is 2.67 bits per heavy atom. The summed E-state index contributed by atoms with van der Waals surface area (Å²) in [5.74, 6) is 1.37. The van der Waals surface area contributed by atoms with Crippen molar-refractivity contribution in [3.63, 3.8) is 0 Å². The molecule has 0 fully saturated rings. The molecular formula is C16H21NO. The molecule has 0 bridgehead atoms. The van der Waals surface area contributed by atoms with E-state index < -0.39 is 0 Å². The molecule has 0 saturated carbocycles. The maximum atomic E-state index is 5.43. The molecule has 2 heteroatoms. The number of hydrogen-bond donors (Lipinski definition) is 0. The molecule has 2 aromatic rings. The molecule has 0 amide bonds. The molecule has 0 atom stereocenters. The molecule has 2 nitrogen and oxygen atoms in total. The molecule has 0 saturated heterocycles. The van der Waals surface area contributed by atoms with Crippen LogP contribution in [0.5, 0.6) is 5.75 Å². The van der Waals surface area contributed by atoms with Gasteiger partial charge in [0.15, 0.2) is 0 Å². The van der Waals surface area contributed by atoms with E-state index in [-0.39, 0.29) is 0 Å². The molecular weight excluding hydrogens is 222 g/mol. The van der Waals surface area contributed by atoms with Gasteiger partial charge in [-0.1, -0.05) is 39.3 Å². The standard InChI is InChI=1S/C16H21NO/c1-5-7-12-10-14(11(2)3)13-8-6-9-15(18-4)16(13)17-12/h6,8-11H,5,7H2,1-4H3. The van der Waals surface area contributed by atoms with E-state index in [9.17, 15) is 0 Å². The minimum Gasteiger partial charge on any atom is -0.494 e. The molecule has 1 aromatic heterocycles. The van der Waals surface area contributed by atoms with E-state index in [1.807, 2.05) is 12.1 Å². The molecule has 2 rings (SSSR count). The smallest absolute Gasteiger partial charge is 0.145 e. The zero-order valence-electron chi connectivity index (χ0n) is 11.7. The van der Waals surface area contributed by atoms with Gasteiger partial charge in [0.05, 0.1) is 7.11 Å². The first kappa shape index (κ1) is 12.9. The van der Waals surface area contributed by atoms with E-state index in [1.54, 1.807) is 7.11 Å². The summed E-state index contributed by atoms with van der Waals surface area (Å²) in [4.78, 5) is 4.75. The lowest BCUT2D eigenvalue weighted by molar-refractivity contribution is 0.418. The van der Waals surface area contributed by atoms with Gasteiger partial charge in [0, 0.05) is 11.1 Å². The first-order chi connectivity index (χ1) is 8.67. The van der Waals surface area contributed by atoms with Crippen molar-refractivity contribution in [2.45, 2.75) is 39.5 Å². The third-order valence-corrected chi connectivity index (χ3v) is 3.24. The molecule has 0 radical (unpaired) electrons. The van der Waals surface area contributed by atoms with Crippen LogP contribution in [0.4, 0.5) is 0 Å². The number of fused-ring (bicyclic) bond motifs is 1. The Kier molecular flexibility index (Phi) is 3.85. The van der Waals surface area contributed by atoms with Crippen molar-refractivity contribution >= 4 is 10.9 Å². The SMILES string of the molecule is CCCc1cc(C(C)C)c2cccc(OC)c2n1. The predicted molar refractivity (Wildman–Crippen MR) is 76.4 cm³/mol. The average Bonchev–Trinajstić information content (AvgIpc) is 2.37. The number of benzene rings is 1. The van der Waals surface area contributed by atoms with Crippen molar-refractivity contribution in [2.24, 2.45) is 0 Å². The van der Waals surface area contributed by atoms with Crippen LogP contribution in [0.3, 0.4) is 0 Å². The van der Waals surface area contributed by atoms with Crippen molar-refractivity contribution in [3.05, 3.63) is 35.5 Å². The lowest BCUT2D eigenvalue weighted by Crippen LogP contribution is -1.99. The number of methoxy groups -OCH3 is 1. The van der Waals surface area contributed by atoms with Gasteiger partial charge in [0.25, 0.3) is 0 Å². The largest absolute Gasteiger partial charge is 0.494 e. The quantitative estimate of drug-likeness (QED) is 0.797. The van der Waals surface area contributed by atoms with Crippen LogP contribution in [-0.2, 0) is 6.42 Å². The summed E-state index contributed by atoms with van der Waals surface area (Å²) in [7, 11) is 1.71. The first-order valence-corrected chi connectivity index (χ1v) is 6.63. The van der Waals surface area contributed by atoms with Crippen LogP contribution in [0.1, 0.15) is 44.4 Å². The van der Waals surface area contributed by atoms with Crippen LogP contribution >= 0.6 is 0 Å². The van der Waals surface area contributed by atoms with Crippen LogP contribution in [0.2, 0.25) is 0 Å². The summed E-state index contributed by atoms with van der Waals surface area (Å²) >= 11 is 0. The van der Waals surface area contributed by atoms with Gasteiger partial charge in [-0.15, -0.1) is 0 Å². The number of nitrogens with zero attached hydrogens (tertiary/aromatic N) is 1. The number of pyridine rings is 1. The minimum absolute atomic E-state index is 0.498. The predicted octanol–water partition coefficient (Wildman–Crippen LogP) is 4.32. The van der Waals surface area contributed by atoms with E-state index in [0.717, 1.165) is 24.1 Å². The van der Waals surface area contributed by atoms with Crippen LogP contribution in [-0.4, -0.2) is 12.1 Å². The molecule has 18 heavy (non-hydrogen) atoms. The highest BCUT2D eigenvalue weighted by molar-refractivity contribution is 5.88. The molecule has 0 spiro atoms. The Balaban J connectivity index is 2.72. The number of aromatic nitrogens is 1. The monoisotopic (exact) mass is 243 g/mol.